The highest BCUT2D eigenvalue weighted by atomic mass is 16.5. The third-order valence-corrected chi connectivity index (χ3v) is 3.37. The van der Waals surface area contributed by atoms with Gasteiger partial charge in [-0.15, -0.1) is 0 Å². The van der Waals surface area contributed by atoms with Crippen LogP contribution < -0.4 is 10.5 Å². The number of nitrogens with two attached hydrogens (primary N) is 1. The fourth-order valence-electron chi connectivity index (χ4n) is 2.29. The molecule has 2 nitrogen and oxygen atoms in total. The molecule has 1 unspecified atom stereocenters. The maximum Gasteiger partial charge on any atom is 0.122 e. The predicted octanol–water partition coefficient (Wildman–Crippen LogP) is 2.93. The quantitative estimate of drug-likeness (QED) is 0.848. The number of hydrogen-bond donors (Lipinski definition) is 1. The summed E-state index contributed by atoms with van der Waals surface area (Å²) in [6.07, 6.45) is 4.33. The highest BCUT2D eigenvalue weighted by Gasteiger charge is 2.13. The van der Waals surface area contributed by atoms with Crippen LogP contribution >= 0.6 is 0 Å². The van der Waals surface area contributed by atoms with Gasteiger partial charge in [0.05, 0.1) is 6.61 Å². The van der Waals surface area contributed by atoms with Crippen LogP contribution in [0.4, 0.5) is 0 Å². The minimum atomic E-state index is 0.275. The summed E-state index contributed by atoms with van der Waals surface area (Å²) in [6, 6.07) is 6.82. The lowest BCUT2D eigenvalue weighted by Gasteiger charge is -2.13. The van der Waals surface area contributed by atoms with Gasteiger partial charge >= 0.3 is 0 Å². The Kier molecular flexibility index (Phi) is 4.06. The molecule has 0 aliphatic carbocycles. The Morgan fingerprint density at radius 1 is 1.29 bits per heavy atom. The molecule has 1 atom stereocenters. The summed E-state index contributed by atoms with van der Waals surface area (Å²) in [5.41, 5.74) is 8.80. The van der Waals surface area contributed by atoms with Crippen LogP contribution in [-0.4, -0.2) is 12.6 Å². The number of fused-ring (bicyclic) bond motifs is 1. The Balaban J connectivity index is 1.90. The lowest BCUT2D eigenvalue weighted by Crippen LogP contribution is -2.23. The number of hydrogen-bond acceptors (Lipinski definition) is 2. The van der Waals surface area contributed by atoms with Gasteiger partial charge in [0.15, 0.2) is 0 Å². The molecule has 1 aliphatic rings. The Labute approximate surface area is 104 Å². The van der Waals surface area contributed by atoms with Crippen LogP contribution in [0.3, 0.4) is 0 Å². The van der Waals surface area contributed by atoms with E-state index in [9.17, 15) is 0 Å². The topological polar surface area (TPSA) is 35.2 Å². The summed E-state index contributed by atoms with van der Waals surface area (Å²) in [5, 5.41) is 0. The molecule has 0 fully saturated rings. The lowest BCUT2D eigenvalue weighted by molar-refractivity contribution is 0.356. The van der Waals surface area contributed by atoms with E-state index in [1.807, 2.05) is 0 Å². The zero-order valence-corrected chi connectivity index (χ0v) is 10.9. The van der Waals surface area contributed by atoms with Gasteiger partial charge in [-0.2, -0.15) is 0 Å². The van der Waals surface area contributed by atoms with Crippen molar-refractivity contribution in [3.8, 4) is 5.75 Å². The van der Waals surface area contributed by atoms with E-state index in [0.29, 0.717) is 0 Å². The highest BCUT2D eigenvalue weighted by molar-refractivity contribution is 5.40. The van der Waals surface area contributed by atoms with Gasteiger partial charge < -0.3 is 10.5 Å². The van der Waals surface area contributed by atoms with Crippen LogP contribution in [-0.2, 0) is 12.8 Å². The average molecular weight is 233 g/mol. The van der Waals surface area contributed by atoms with E-state index in [-0.39, 0.29) is 6.04 Å². The Bertz CT molecular complexity index is 373. The zero-order valence-electron chi connectivity index (χ0n) is 10.9. The molecule has 0 bridgehead atoms. The smallest absolute Gasteiger partial charge is 0.122 e. The lowest BCUT2D eigenvalue weighted by atomic mass is 9.97. The standard InChI is InChI=1S/C15H23NO/c1-11(2)3-6-14(16)9-12-4-5-13-7-8-17-15(13)10-12/h4-5,10-11,14H,3,6-9,16H2,1-2H3. The predicted molar refractivity (Wildman–Crippen MR) is 71.4 cm³/mol. The van der Waals surface area contributed by atoms with Gasteiger partial charge in [0.25, 0.3) is 0 Å². The first-order valence-electron chi connectivity index (χ1n) is 6.65. The van der Waals surface area contributed by atoms with Crippen molar-refractivity contribution in [2.75, 3.05) is 6.61 Å². The second kappa shape index (κ2) is 5.54. The van der Waals surface area contributed by atoms with E-state index in [4.69, 9.17) is 10.5 Å². The number of benzene rings is 1. The van der Waals surface area contributed by atoms with E-state index in [0.717, 1.165) is 37.5 Å². The molecule has 2 N–H and O–H groups in total. The van der Waals surface area contributed by atoms with E-state index in [1.165, 1.54) is 17.5 Å². The summed E-state index contributed by atoms with van der Waals surface area (Å²) in [4.78, 5) is 0. The molecule has 0 amide bonds. The second-order valence-electron chi connectivity index (χ2n) is 5.48. The van der Waals surface area contributed by atoms with Gasteiger partial charge in [-0.25, -0.2) is 0 Å². The maximum atomic E-state index is 6.16. The second-order valence-corrected chi connectivity index (χ2v) is 5.48. The van der Waals surface area contributed by atoms with Crippen molar-refractivity contribution >= 4 is 0 Å². The van der Waals surface area contributed by atoms with Crippen molar-refractivity contribution in [2.45, 2.75) is 45.6 Å². The molecule has 1 heterocycles. The molecule has 1 aromatic carbocycles. The van der Waals surface area contributed by atoms with Crippen LogP contribution in [0.1, 0.15) is 37.8 Å². The average Bonchev–Trinajstić information content (AvgIpc) is 2.73. The molecule has 0 spiro atoms. The van der Waals surface area contributed by atoms with E-state index in [2.05, 4.69) is 32.0 Å². The van der Waals surface area contributed by atoms with Crippen LogP contribution in [0.25, 0.3) is 0 Å². The fraction of sp³-hybridized carbons (Fsp3) is 0.600. The van der Waals surface area contributed by atoms with Crippen LogP contribution in [0, 0.1) is 5.92 Å². The third kappa shape index (κ3) is 3.47. The minimum Gasteiger partial charge on any atom is -0.493 e. The van der Waals surface area contributed by atoms with Crippen LogP contribution in [0.15, 0.2) is 18.2 Å². The van der Waals surface area contributed by atoms with Gasteiger partial charge in [-0.3, -0.25) is 0 Å². The molecule has 0 saturated heterocycles. The molecule has 2 rings (SSSR count). The maximum absolute atomic E-state index is 6.16. The molecule has 17 heavy (non-hydrogen) atoms. The highest BCUT2D eigenvalue weighted by Crippen LogP contribution is 2.26. The van der Waals surface area contributed by atoms with Crippen LogP contribution in [0.2, 0.25) is 0 Å². The zero-order chi connectivity index (χ0) is 12.3. The number of rotatable bonds is 5. The SMILES string of the molecule is CC(C)CCC(N)Cc1ccc2c(c1)OCC2. The molecule has 1 aromatic rings. The molecule has 2 heteroatoms. The molecule has 0 saturated carbocycles. The Morgan fingerprint density at radius 3 is 2.88 bits per heavy atom. The van der Waals surface area contributed by atoms with Crippen molar-refractivity contribution in [3.63, 3.8) is 0 Å². The molecule has 0 aromatic heterocycles. The number of ether oxygens (including phenoxy) is 1. The van der Waals surface area contributed by atoms with Crippen molar-refractivity contribution in [1.29, 1.82) is 0 Å². The first kappa shape index (κ1) is 12.4. The normalized spacial score (nSPS) is 15.8. The first-order valence-corrected chi connectivity index (χ1v) is 6.65. The van der Waals surface area contributed by atoms with Gasteiger partial charge in [0.2, 0.25) is 0 Å². The van der Waals surface area contributed by atoms with Gasteiger partial charge in [-0.05, 0) is 42.4 Å². The van der Waals surface area contributed by atoms with Gasteiger partial charge in [0.1, 0.15) is 5.75 Å². The first-order chi connectivity index (χ1) is 8.15. The molecular formula is C15H23NO. The summed E-state index contributed by atoms with van der Waals surface area (Å²) in [7, 11) is 0. The van der Waals surface area contributed by atoms with E-state index in [1.54, 1.807) is 0 Å². The fourth-order valence-corrected chi connectivity index (χ4v) is 2.29. The summed E-state index contributed by atoms with van der Waals surface area (Å²) < 4.78 is 5.58. The van der Waals surface area contributed by atoms with E-state index >= 15 is 0 Å². The summed E-state index contributed by atoms with van der Waals surface area (Å²) in [5.74, 6) is 1.81. The van der Waals surface area contributed by atoms with Gasteiger partial charge in [0, 0.05) is 12.5 Å². The van der Waals surface area contributed by atoms with Gasteiger partial charge in [-0.1, -0.05) is 26.0 Å². The van der Waals surface area contributed by atoms with Crippen LogP contribution in [0.5, 0.6) is 5.75 Å². The Morgan fingerprint density at radius 2 is 2.12 bits per heavy atom. The summed E-state index contributed by atoms with van der Waals surface area (Å²) >= 11 is 0. The van der Waals surface area contributed by atoms with E-state index < -0.39 is 0 Å². The van der Waals surface area contributed by atoms with Crippen molar-refractivity contribution in [2.24, 2.45) is 11.7 Å². The van der Waals surface area contributed by atoms with Crippen molar-refractivity contribution in [1.82, 2.24) is 0 Å². The monoisotopic (exact) mass is 233 g/mol. The van der Waals surface area contributed by atoms with Crippen molar-refractivity contribution < 1.29 is 4.74 Å². The third-order valence-electron chi connectivity index (χ3n) is 3.37. The molecular weight excluding hydrogens is 210 g/mol. The minimum absolute atomic E-state index is 0.275. The largest absolute Gasteiger partial charge is 0.493 e. The van der Waals surface area contributed by atoms with Crippen molar-refractivity contribution in [3.05, 3.63) is 29.3 Å². The molecule has 0 radical (unpaired) electrons. The molecule has 1 aliphatic heterocycles. The summed E-state index contributed by atoms with van der Waals surface area (Å²) in [6.45, 7) is 5.32. The Hall–Kier alpha value is -1.02. The molecule has 94 valence electrons.